The number of aliphatic imine (C=N–C) groups is 1. The molecule has 2 nitrogen and oxygen atoms in total. The van der Waals surface area contributed by atoms with Gasteiger partial charge < -0.3 is 0 Å². The van der Waals surface area contributed by atoms with Crippen LogP contribution in [0.2, 0.25) is 0 Å². The van der Waals surface area contributed by atoms with Gasteiger partial charge in [0, 0.05) is 0 Å². The third-order valence-corrected chi connectivity index (χ3v) is 1.46. The first-order valence-corrected chi connectivity index (χ1v) is 4.23. The van der Waals surface area contributed by atoms with E-state index >= 15 is 0 Å². The minimum atomic E-state index is 0.128. The van der Waals surface area contributed by atoms with Gasteiger partial charge in [-0.1, -0.05) is 20.3 Å². The lowest BCUT2D eigenvalue weighted by molar-refractivity contribution is 0.604. The molecule has 0 aliphatic rings. The molecule has 1 unspecified atom stereocenters. The zero-order chi connectivity index (χ0) is 8.53. The highest BCUT2D eigenvalue weighted by atomic mass is 14.7. The highest BCUT2D eigenvalue weighted by Gasteiger charge is 2.02. The van der Waals surface area contributed by atoms with Crippen LogP contribution in [-0.4, -0.2) is 12.8 Å². The first-order valence-electron chi connectivity index (χ1n) is 4.23. The highest BCUT2D eigenvalue weighted by molar-refractivity contribution is 5.56. The fourth-order valence-electron chi connectivity index (χ4n) is 0.876. The van der Waals surface area contributed by atoms with Gasteiger partial charge in [-0.2, -0.15) is 5.26 Å². The van der Waals surface area contributed by atoms with E-state index in [1.54, 1.807) is 0 Å². The van der Waals surface area contributed by atoms with Crippen LogP contribution in [-0.2, 0) is 0 Å². The van der Waals surface area contributed by atoms with Crippen LogP contribution in [0, 0.1) is 17.2 Å². The second-order valence-electron chi connectivity index (χ2n) is 2.57. The fraction of sp³-hybridized carbons (Fsp3) is 0.778. The van der Waals surface area contributed by atoms with Crippen LogP contribution in [0.4, 0.5) is 0 Å². The maximum atomic E-state index is 8.63. The second-order valence-corrected chi connectivity index (χ2v) is 2.57. The summed E-state index contributed by atoms with van der Waals surface area (Å²) in [4.78, 5) is 4.13. The van der Waals surface area contributed by atoms with Crippen molar-refractivity contribution in [1.29, 1.82) is 5.26 Å². The minimum absolute atomic E-state index is 0.128. The second kappa shape index (κ2) is 7.27. The highest BCUT2D eigenvalue weighted by Crippen LogP contribution is 2.04. The molecule has 0 amide bonds. The molecule has 0 aliphatic heterocycles. The molecule has 0 aliphatic carbocycles. The average Bonchev–Trinajstić information content (AvgIpc) is 2.03. The van der Waals surface area contributed by atoms with Crippen molar-refractivity contribution in [2.45, 2.75) is 33.1 Å². The lowest BCUT2D eigenvalue weighted by Crippen LogP contribution is -2.00. The van der Waals surface area contributed by atoms with Gasteiger partial charge in [0.15, 0.2) is 0 Å². The molecule has 0 spiro atoms. The molecule has 0 N–H and O–H groups in total. The predicted molar refractivity (Wildman–Crippen MR) is 47.7 cm³/mol. The summed E-state index contributed by atoms with van der Waals surface area (Å²) < 4.78 is 0. The van der Waals surface area contributed by atoms with Crippen LogP contribution in [0.3, 0.4) is 0 Å². The van der Waals surface area contributed by atoms with Crippen molar-refractivity contribution >= 4 is 6.21 Å². The molecule has 0 bridgehead atoms. The lowest BCUT2D eigenvalue weighted by atomic mass is 10.1. The summed E-state index contributed by atoms with van der Waals surface area (Å²) in [5.41, 5.74) is 0. The summed E-state index contributed by atoms with van der Waals surface area (Å²) in [6.07, 6.45) is 4.88. The first kappa shape index (κ1) is 10.2. The van der Waals surface area contributed by atoms with Crippen LogP contribution in [0.15, 0.2) is 4.99 Å². The Morgan fingerprint density at radius 3 is 2.73 bits per heavy atom. The largest absolute Gasteiger partial charge is 0.296 e. The average molecular weight is 152 g/mol. The fourth-order valence-corrected chi connectivity index (χ4v) is 0.876. The Bertz CT molecular complexity index is 144. The molecule has 0 radical (unpaired) electrons. The van der Waals surface area contributed by atoms with Crippen molar-refractivity contribution < 1.29 is 0 Å². The maximum absolute atomic E-state index is 8.63. The Kier molecular flexibility index (Phi) is 6.71. The number of hydrogen-bond acceptors (Lipinski definition) is 2. The summed E-state index contributed by atoms with van der Waals surface area (Å²) in [6, 6.07) is 2.25. The van der Waals surface area contributed by atoms with Crippen LogP contribution < -0.4 is 0 Å². The molecule has 62 valence electrons. The van der Waals surface area contributed by atoms with Gasteiger partial charge >= 0.3 is 0 Å². The Balaban J connectivity index is 3.53. The summed E-state index contributed by atoms with van der Waals surface area (Å²) in [7, 11) is 0. The molecule has 11 heavy (non-hydrogen) atoms. The number of rotatable bonds is 5. The summed E-state index contributed by atoms with van der Waals surface area (Å²) >= 11 is 0. The van der Waals surface area contributed by atoms with Crippen molar-refractivity contribution in [2.24, 2.45) is 10.9 Å². The number of nitrogens with zero attached hydrogens (tertiary/aromatic N) is 2. The lowest BCUT2D eigenvalue weighted by Gasteiger charge is -2.01. The van der Waals surface area contributed by atoms with Crippen LogP contribution in [0.5, 0.6) is 0 Å². The van der Waals surface area contributed by atoms with Crippen LogP contribution in [0.1, 0.15) is 33.1 Å². The molecule has 0 rings (SSSR count). The SMILES string of the molecule is CC/C=N/CC(C#N)CCC. The molecule has 0 aromatic rings. The van der Waals surface area contributed by atoms with Gasteiger partial charge in [0.1, 0.15) is 0 Å². The quantitative estimate of drug-likeness (QED) is 0.557. The first-order chi connectivity index (χ1) is 5.35. The zero-order valence-corrected chi connectivity index (χ0v) is 7.38. The van der Waals surface area contributed by atoms with Gasteiger partial charge in [-0.15, -0.1) is 0 Å². The molecule has 0 saturated heterocycles. The molecule has 1 atom stereocenters. The molecular weight excluding hydrogens is 136 g/mol. The smallest absolute Gasteiger partial charge is 0.0675 e. The van der Waals surface area contributed by atoms with Crippen LogP contribution in [0.25, 0.3) is 0 Å². The van der Waals surface area contributed by atoms with Crippen molar-refractivity contribution in [3.63, 3.8) is 0 Å². The third-order valence-electron chi connectivity index (χ3n) is 1.46. The molecule has 0 saturated carbocycles. The van der Waals surface area contributed by atoms with Crippen molar-refractivity contribution in [1.82, 2.24) is 0 Å². The van der Waals surface area contributed by atoms with Gasteiger partial charge in [-0.25, -0.2) is 0 Å². The third kappa shape index (κ3) is 5.60. The number of nitriles is 1. The zero-order valence-electron chi connectivity index (χ0n) is 7.38. The predicted octanol–water partition coefficient (Wildman–Crippen LogP) is 2.41. The van der Waals surface area contributed by atoms with E-state index in [2.05, 4.69) is 18.0 Å². The number of hydrogen-bond donors (Lipinski definition) is 0. The van der Waals surface area contributed by atoms with Gasteiger partial charge in [0.25, 0.3) is 0 Å². The van der Waals surface area contributed by atoms with Gasteiger partial charge in [-0.05, 0) is 19.1 Å². The van der Waals surface area contributed by atoms with Crippen LogP contribution >= 0.6 is 0 Å². The van der Waals surface area contributed by atoms with E-state index in [1.165, 1.54) is 0 Å². The van der Waals surface area contributed by atoms with Gasteiger partial charge in [-0.3, -0.25) is 4.99 Å². The van der Waals surface area contributed by atoms with E-state index in [9.17, 15) is 0 Å². The Labute approximate surface area is 68.9 Å². The molecule has 0 fully saturated rings. The Morgan fingerprint density at radius 1 is 1.55 bits per heavy atom. The van der Waals surface area contributed by atoms with Crippen molar-refractivity contribution in [3.8, 4) is 6.07 Å². The van der Waals surface area contributed by atoms with E-state index in [4.69, 9.17) is 5.26 Å². The van der Waals surface area contributed by atoms with E-state index < -0.39 is 0 Å². The molecule has 0 aromatic carbocycles. The van der Waals surface area contributed by atoms with E-state index in [1.807, 2.05) is 13.1 Å². The standard InChI is InChI=1S/C9H16N2/c1-3-5-9(7-10)8-11-6-4-2/h6,9H,3-5,8H2,1-2H3/b11-6+. The maximum Gasteiger partial charge on any atom is 0.0675 e. The molecule has 2 heteroatoms. The molecule has 0 heterocycles. The molecular formula is C9H16N2. The molecule has 0 aromatic heterocycles. The minimum Gasteiger partial charge on any atom is -0.296 e. The van der Waals surface area contributed by atoms with E-state index in [0.29, 0.717) is 6.54 Å². The van der Waals surface area contributed by atoms with Crippen molar-refractivity contribution in [3.05, 3.63) is 0 Å². The topological polar surface area (TPSA) is 36.1 Å². The normalized spacial score (nSPS) is 13.2. The summed E-state index contributed by atoms with van der Waals surface area (Å²) in [5.74, 6) is 0.128. The van der Waals surface area contributed by atoms with Gasteiger partial charge in [0.2, 0.25) is 0 Å². The van der Waals surface area contributed by atoms with Crippen molar-refractivity contribution in [2.75, 3.05) is 6.54 Å². The van der Waals surface area contributed by atoms with Gasteiger partial charge in [0.05, 0.1) is 18.5 Å². The summed E-state index contributed by atoms with van der Waals surface area (Å²) in [6.45, 7) is 4.82. The van der Waals surface area contributed by atoms with E-state index in [0.717, 1.165) is 19.3 Å². The van der Waals surface area contributed by atoms with E-state index in [-0.39, 0.29) is 5.92 Å². The monoisotopic (exact) mass is 152 g/mol. The summed E-state index contributed by atoms with van der Waals surface area (Å²) in [5, 5.41) is 8.63. The Morgan fingerprint density at radius 2 is 2.27 bits per heavy atom. The Hall–Kier alpha value is -0.840.